The molecule has 1 aromatic heterocycles. The zero-order valence-corrected chi connectivity index (χ0v) is 20.1. The zero-order valence-electron chi connectivity index (χ0n) is 18.4. The van der Waals surface area contributed by atoms with Gasteiger partial charge in [0.05, 0.1) is 0 Å². The van der Waals surface area contributed by atoms with Crippen LogP contribution in [0, 0.1) is 0 Å². The summed E-state index contributed by atoms with van der Waals surface area (Å²) in [6.07, 6.45) is 3.47. The van der Waals surface area contributed by atoms with Crippen LogP contribution in [0.2, 0.25) is 6.32 Å². The van der Waals surface area contributed by atoms with Gasteiger partial charge in [-0.3, -0.25) is 4.79 Å². The lowest BCUT2D eigenvalue weighted by Crippen LogP contribution is -2.41. The number of fused-ring (bicyclic) bond motifs is 2. The van der Waals surface area contributed by atoms with Gasteiger partial charge in [-0.25, -0.2) is 0 Å². The van der Waals surface area contributed by atoms with Crippen molar-refractivity contribution >= 4 is 60.9 Å². The van der Waals surface area contributed by atoms with Gasteiger partial charge in [-0.15, -0.1) is 23.1 Å². The van der Waals surface area contributed by atoms with E-state index in [9.17, 15) is 4.79 Å². The minimum atomic E-state index is 0.148. The summed E-state index contributed by atoms with van der Waals surface area (Å²) in [7, 11) is 0. The van der Waals surface area contributed by atoms with Crippen LogP contribution in [-0.2, 0) is 0 Å². The van der Waals surface area contributed by atoms with E-state index in [0.717, 1.165) is 38.7 Å². The fraction of sp³-hybridized carbons (Fsp3) is 0.138. The van der Waals surface area contributed by atoms with E-state index in [-0.39, 0.29) is 5.43 Å². The van der Waals surface area contributed by atoms with Crippen molar-refractivity contribution in [3.8, 4) is 0 Å². The Morgan fingerprint density at radius 3 is 2.03 bits per heavy atom. The van der Waals surface area contributed by atoms with Crippen LogP contribution >= 0.6 is 23.1 Å². The summed E-state index contributed by atoms with van der Waals surface area (Å²) in [5.41, 5.74) is 2.93. The summed E-state index contributed by atoms with van der Waals surface area (Å²) in [6, 6.07) is 35.9. The Balaban J connectivity index is 1.23. The van der Waals surface area contributed by atoms with Gasteiger partial charge < -0.3 is 0 Å². The van der Waals surface area contributed by atoms with Crippen LogP contribution in [0.1, 0.15) is 12.8 Å². The van der Waals surface area contributed by atoms with Crippen molar-refractivity contribution in [2.45, 2.75) is 24.1 Å². The fourth-order valence-corrected chi connectivity index (χ4v) is 6.41. The lowest BCUT2D eigenvalue weighted by atomic mass is 9.38. The second kappa shape index (κ2) is 10.4. The van der Waals surface area contributed by atoms with Crippen molar-refractivity contribution in [1.29, 1.82) is 0 Å². The number of unbranched alkanes of at least 4 members (excludes halogenated alkanes) is 1. The van der Waals surface area contributed by atoms with Crippen LogP contribution in [0.3, 0.4) is 0 Å². The van der Waals surface area contributed by atoms with Crippen LogP contribution < -0.4 is 16.4 Å². The Kier molecular flexibility index (Phi) is 6.94. The highest BCUT2D eigenvalue weighted by atomic mass is 32.2. The van der Waals surface area contributed by atoms with E-state index < -0.39 is 0 Å². The van der Waals surface area contributed by atoms with Crippen molar-refractivity contribution in [1.82, 2.24) is 0 Å². The predicted molar refractivity (Wildman–Crippen MR) is 148 cm³/mol. The third-order valence-corrected chi connectivity index (χ3v) is 8.34. The molecule has 0 atom stereocenters. The molecule has 0 aliphatic carbocycles. The van der Waals surface area contributed by atoms with Crippen molar-refractivity contribution in [3.63, 3.8) is 0 Å². The van der Waals surface area contributed by atoms with Crippen molar-refractivity contribution < 1.29 is 0 Å². The molecule has 1 nitrogen and oxygen atoms in total. The average Bonchev–Trinajstić information content (AvgIpc) is 2.88. The summed E-state index contributed by atoms with van der Waals surface area (Å²) in [6.45, 7) is 0.441. The minimum Gasteiger partial charge on any atom is -0.289 e. The molecule has 0 fully saturated rings. The van der Waals surface area contributed by atoms with E-state index in [1.165, 1.54) is 22.2 Å². The zero-order chi connectivity index (χ0) is 22.5. The molecule has 0 aliphatic rings. The van der Waals surface area contributed by atoms with Crippen LogP contribution in [0.5, 0.6) is 0 Å². The Labute approximate surface area is 203 Å². The Hall–Kier alpha value is -2.82. The normalized spacial score (nSPS) is 11.2. The Morgan fingerprint density at radius 1 is 0.667 bits per heavy atom. The van der Waals surface area contributed by atoms with Gasteiger partial charge in [-0.1, -0.05) is 96.5 Å². The lowest BCUT2D eigenvalue weighted by Gasteiger charge is -2.14. The molecule has 4 aromatic carbocycles. The summed E-state index contributed by atoms with van der Waals surface area (Å²) in [4.78, 5) is 14.1. The summed E-state index contributed by atoms with van der Waals surface area (Å²) < 4.78 is 2.12. The molecular weight excluding hydrogens is 439 g/mol. The maximum Gasteiger partial charge on any atom is 0.209 e. The SMILES string of the molecule is O=c1c2ccccc2sc2ccc(SCCCCB(c3ccccc3)c3ccccc3)cc12. The Morgan fingerprint density at radius 2 is 1.30 bits per heavy atom. The molecule has 0 bridgehead atoms. The maximum atomic E-state index is 13.0. The quantitative estimate of drug-likeness (QED) is 0.111. The second-order valence-electron chi connectivity index (χ2n) is 8.30. The number of hydrogen-bond acceptors (Lipinski definition) is 3. The second-order valence-corrected chi connectivity index (χ2v) is 10.6. The standard InChI is InChI=1S/C29H25BOS2/c31-29-25-15-7-8-16-27(25)33-28-18-17-24(21-26(28)29)32-20-10-9-19-30(22-11-3-1-4-12-22)23-13-5-2-6-14-23/h1-8,11-18,21H,9-10,19-20H2. The summed E-state index contributed by atoms with van der Waals surface area (Å²) in [5, 5.41) is 1.67. The fourth-order valence-electron chi connectivity index (χ4n) is 4.41. The van der Waals surface area contributed by atoms with Crippen molar-refractivity contribution in [2.24, 2.45) is 0 Å². The highest BCUT2D eigenvalue weighted by molar-refractivity contribution is 7.99. The molecule has 0 spiro atoms. The molecule has 0 saturated heterocycles. The highest BCUT2D eigenvalue weighted by Gasteiger charge is 2.18. The molecule has 5 aromatic rings. The Bertz CT molecular complexity index is 1370. The van der Waals surface area contributed by atoms with Gasteiger partial charge in [0.2, 0.25) is 6.71 Å². The third-order valence-electron chi connectivity index (χ3n) is 6.11. The molecule has 1 heterocycles. The van der Waals surface area contributed by atoms with E-state index in [1.807, 2.05) is 36.0 Å². The number of rotatable bonds is 8. The third kappa shape index (κ3) is 5.08. The van der Waals surface area contributed by atoms with Crippen LogP contribution in [0.25, 0.3) is 20.2 Å². The summed E-state index contributed by atoms with van der Waals surface area (Å²) >= 11 is 3.55. The number of hydrogen-bond donors (Lipinski definition) is 0. The summed E-state index contributed by atoms with van der Waals surface area (Å²) in [5.74, 6) is 1.06. The lowest BCUT2D eigenvalue weighted by molar-refractivity contribution is 0.888. The van der Waals surface area contributed by atoms with Gasteiger partial charge in [0.15, 0.2) is 5.43 Å². The van der Waals surface area contributed by atoms with Crippen LogP contribution in [-0.4, -0.2) is 12.5 Å². The number of benzene rings is 4. The molecular formula is C29H25BOS2. The molecule has 0 N–H and O–H groups in total. The molecule has 0 unspecified atom stereocenters. The molecule has 33 heavy (non-hydrogen) atoms. The molecule has 0 saturated carbocycles. The molecule has 162 valence electrons. The van der Waals surface area contributed by atoms with Crippen molar-refractivity contribution in [3.05, 3.63) is 113 Å². The molecule has 4 heteroatoms. The first-order valence-corrected chi connectivity index (χ1v) is 13.3. The van der Waals surface area contributed by atoms with Gasteiger partial charge in [-0.2, -0.15) is 0 Å². The first-order valence-electron chi connectivity index (χ1n) is 11.5. The monoisotopic (exact) mass is 464 g/mol. The van der Waals surface area contributed by atoms with Gasteiger partial charge in [-0.05, 0) is 42.5 Å². The van der Waals surface area contributed by atoms with Crippen LogP contribution in [0.4, 0.5) is 0 Å². The first kappa shape index (κ1) is 22.0. The molecule has 5 rings (SSSR count). The average molecular weight is 464 g/mol. The molecule has 0 radical (unpaired) electrons. The van der Waals surface area contributed by atoms with Gasteiger partial charge >= 0.3 is 0 Å². The van der Waals surface area contributed by atoms with Crippen LogP contribution in [0.15, 0.2) is 113 Å². The minimum absolute atomic E-state index is 0.148. The largest absolute Gasteiger partial charge is 0.289 e. The van der Waals surface area contributed by atoms with E-state index >= 15 is 0 Å². The van der Waals surface area contributed by atoms with Gasteiger partial charge in [0.1, 0.15) is 0 Å². The topological polar surface area (TPSA) is 17.1 Å². The molecule has 0 aliphatic heterocycles. The highest BCUT2D eigenvalue weighted by Crippen LogP contribution is 2.28. The van der Waals surface area contributed by atoms with Crippen molar-refractivity contribution in [2.75, 3.05) is 5.75 Å². The maximum absolute atomic E-state index is 13.0. The van der Waals surface area contributed by atoms with Gasteiger partial charge in [0.25, 0.3) is 0 Å². The predicted octanol–water partition coefficient (Wildman–Crippen LogP) is 6.60. The van der Waals surface area contributed by atoms with E-state index in [4.69, 9.17) is 0 Å². The van der Waals surface area contributed by atoms with E-state index in [2.05, 4.69) is 78.9 Å². The molecule has 0 amide bonds. The van der Waals surface area contributed by atoms with Gasteiger partial charge in [0, 0.05) is 25.1 Å². The van der Waals surface area contributed by atoms with E-state index in [0.29, 0.717) is 6.71 Å². The number of thioether (sulfide) groups is 1. The first-order chi connectivity index (χ1) is 16.3. The van der Waals surface area contributed by atoms with E-state index in [1.54, 1.807) is 11.3 Å². The smallest absolute Gasteiger partial charge is 0.209 e.